The van der Waals surface area contributed by atoms with Gasteiger partial charge in [0.2, 0.25) is 0 Å². The van der Waals surface area contributed by atoms with Gasteiger partial charge in [-0.3, -0.25) is 9.63 Å². The molecule has 1 amide bonds. The van der Waals surface area contributed by atoms with Gasteiger partial charge in [0.15, 0.2) is 0 Å². The molecule has 0 radical (unpaired) electrons. The Morgan fingerprint density at radius 3 is 2.29 bits per heavy atom. The van der Waals surface area contributed by atoms with Crippen LogP contribution < -0.4 is 5.32 Å². The molecule has 5 rings (SSSR count). The van der Waals surface area contributed by atoms with E-state index >= 15 is 0 Å². The zero-order valence-electron chi connectivity index (χ0n) is 16.8. The molecule has 28 heavy (non-hydrogen) atoms. The highest BCUT2D eigenvalue weighted by atomic mass is 32.2. The van der Waals surface area contributed by atoms with Gasteiger partial charge in [0.05, 0.1) is 12.0 Å². The van der Waals surface area contributed by atoms with Crippen molar-refractivity contribution in [1.82, 2.24) is 9.79 Å². The van der Waals surface area contributed by atoms with E-state index in [1.165, 1.54) is 64.8 Å². The van der Waals surface area contributed by atoms with Crippen molar-refractivity contribution < 1.29 is 18.0 Å². The second-order valence-electron chi connectivity index (χ2n) is 9.10. The number of nitrogens with zero attached hydrogens (tertiary/aromatic N) is 1. The van der Waals surface area contributed by atoms with Gasteiger partial charge in [-0.2, -0.15) is 0 Å². The highest BCUT2D eigenvalue weighted by Crippen LogP contribution is 2.61. The number of sulfonamides is 1. The van der Waals surface area contributed by atoms with Crippen molar-refractivity contribution in [2.45, 2.75) is 56.4 Å². The third-order valence-corrected chi connectivity index (χ3v) is 9.02. The zero-order chi connectivity index (χ0) is 20.1. The van der Waals surface area contributed by atoms with Gasteiger partial charge in [-0.1, -0.05) is 10.5 Å². The van der Waals surface area contributed by atoms with Crippen LogP contribution in [0.5, 0.6) is 0 Å². The smallest absolute Gasteiger partial charge is 0.264 e. The van der Waals surface area contributed by atoms with Crippen LogP contribution in [0.1, 0.15) is 55.8 Å². The van der Waals surface area contributed by atoms with E-state index in [-0.39, 0.29) is 22.3 Å². The fourth-order valence-electron chi connectivity index (χ4n) is 6.19. The second-order valence-corrected chi connectivity index (χ2v) is 11.0. The number of hydroxylamine groups is 1. The summed E-state index contributed by atoms with van der Waals surface area (Å²) >= 11 is 0. The first kappa shape index (κ1) is 19.9. The number of amides is 1. The van der Waals surface area contributed by atoms with Gasteiger partial charge in [0.1, 0.15) is 0 Å². The molecule has 4 aliphatic rings. The van der Waals surface area contributed by atoms with Crippen LogP contribution in [0, 0.1) is 23.2 Å². The Hall–Kier alpha value is -1.44. The Kier molecular flexibility index (Phi) is 5.04. The van der Waals surface area contributed by atoms with Crippen LogP contribution >= 0.6 is 0 Å². The number of rotatable bonds is 6. The summed E-state index contributed by atoms with van der Waals surface area (Å²) in [6.45, 7) is 2.13. The predicted molar refractivity (Wildman–Crippen MR) is 106 cm³/mol. The van der Waals surface area contributed by atoms with Crippen molar-refractivity contribution in [1.29, 1.82) is 0 Å². The van der Waals surface area contributed by atoms with Crippen LogP contribution in [0.2, 0.25) is 0 Å². The molecule has 0 spiro atoms. The second kappa shape index (κ2) is 7.11. The van der Waals surface area contributed by atoms with Gasteiger partial charge < -0.3 is 5.32 Å². The Morgan fingerprint density at radius 2 is 1.75 bits per heavy atom. The van der Waals surface area contributed by atoms with E-state index in [0.29, 0.717) is 5.56 Å². The average Bonchev–Trinajstić information content (AvgIpc) is 2.66. The van der Waals surface area contributed by atoms with Crippen molar-refractivity contribution in [3.05, 3.63) is 29.8 Å². The van der Waals surface area contributed by atoms with E-state index in [1.807, 2.05) is 0 Å². The van der Waals surface area contributed by atoms with Crippen LogP contribution in [0.15, 0.2) is 29.2 Å². The van der Waals surface area contributed by atoms with Crippen LogP contribution in [0.25, 0.3) is 0 Å². The summed E-state index contributed by atoms with van der Waals surface area (Å²) in [4.78, 5) is 17.8. The molecule has 0 unspecified atom stereocenters. The topological polar surface area (TPSA) is 75.7 Å². The lowest BCUT2D eigenvalue weighted by Gasteiger charge is -2.59. The van der Waals surface area contributed by atoms with Crippen LogP contribution in [0.4, 0.5) is 0 Å². The molecular formula is C21H30N2O4S. The maximum absolute atomic E-state index is 12.9. The van der Waals surface area contributed by atoms with E-state index in [0.717, 1.165) is 22.2 Å². The summed E-state index contributed by atoms with van der Waals surface area (Å²) < 4.78 is 25.7. The monoisotopic (exact) mass is 406 g/mol. The van der Waals surface area contributed by atoms with E-state index in [9.17, 15) is 13.2 Å². The number of benzene rings is 1. The van der Waals surface area contributed by atoms with Gasteiger partial charge in [0, 0.05) is 18.7 Å². The summed E-state index contributed by atoms with van der Waals surface area (Å²) in [6.07, 6.45) is 7.75. The number of carbonyl (C=O) groups is 1. The molecule has 1 aromatic carbocycles. The molecule has 4 aliphatic carbocycles. The quantitative estimate of drug-likeness (QED) is 0.736. The SMILES string of the molecule is CON(C)S(=O)(=O)c1cccc(C(=O)N[C@@H](C)C23CC4CC(CC(C4)C2)C3)c1. The first-order chi connectivity index (χ1) is 13.2. The fraction of sp³-hybridized carbons (Fsp3) is 0.667. The summed E-state index contributed by atoms with van der Waals surface area (Å²) in [5.74, 6) is 2.26. The lowest BCUT2D eigenvalue weighted by Crippen LogP contribution is -2.55. The molecule has 0 aromatic heterocycles. The first-order valence-corrected chi connectivity index (χ1v) is 11.6. The largest absolute Gasteiger partial charge is 0.349 e. The maximum Gasteiger partial charge on any atom is 0.264 e. The molecule has 7 heteroatoms. The van der Waals surface area contributed by atoms with Gasteiger partial charge in [-0.05, 0) is 86.8 Å². The Bertz CT molecular complexity index is 832. The molecule has 0 heterocycles. The molecule has 4 saturated carbocycles. The molecular weight excluding hydrogens is 376 g/mol. The maximum atomic E-state index is 12.9. The number of nitrogens with one attached hydrogen (secondary N) is 1. The van der Waals surface area contributed by atoms with E-state index in [4.69, 9.17) is 4.84 Å². The van der Waals surface area contributed by atoms with Crippen LogP contribution in [-0.4, -0.2) is 39.0 Å². The zero-order valence-corrected chi connectivity index (χ0v) is 17.7. The van der Waals surface area contributed by atoms with Crippen molar-refractivity contribution in [2.75, 3.05) is 14.2 Å². The van der Waals surface area contributed by atoms with Gasteiger partial charge >= 0.3 is 0 Å². The summed E-state index contributed by atoms with van der Waals surface area (Å²) in [5, 5.41) is 3.20. The van der Waals surface area contributed by atoms with Gasteiger partial charge in [-0.15, -0.1) is 0 Å². The number of hydrogen-bond acceptors (Lipinski definition) is 4. The summed E-state index contributed by atoms with van der Waals surface area (Å²) in [6, 6.07) is 6.25. The fourth-order valence-corrected chi connectivity index (χ4v) is 7.20. The molecule has 1 aromatic rings. The summed E-state index contributed by atoms with van der Waals surface area (Å²) in [5.41, 5.74) is 0.576. The first-order valence-electron chi connectivity index (χ1n) is 10.2. The minimum absolute atomic E-state index is 0.0481. The third-order valence-electron chi connectivity index (χ3n) is 7.34. The standard InChI is InChI=1S/C21H30N2O4S/c1-14(21-11-15-7-16(12-21)9-17(8-15)13-21)22-20(24)18-5-4-6-19(10-18)28(25,26)23(2)27-3/h4-6,10,14-17H,7-9,11-13H2,1-3H3,(H,22,24)/t14-,15?,16?,17?,21?/m0/s1. The van der Waals surface area contributed by atoms with Crippen molar-refractivity contribution >= 4 is 15.9 Å². The molecule has 1 N–H and O–H groups in total. The van der Waals surface area contributed by atoms with E-state index in [2.05, 4.69) is 12.2 Å². The van der Waals surface area contributed by atoms with Crippen molar-refractivity contribution in [3.8, 4) is 0 Å². The highest BCUT2D eigenvalue weighted by Gasteiger charge is 2.53. The molecule has 4 bridgehead atoms. The van der Waals surface area contributed by atoms with Crippen LogP contribution in [0.3, 0.4) is 0 Å². The van der Waals surface area contributed by atoms with Crippen molar-refractivity contribution in [3.63, 3.8) is 0 Å². The summed E-state index contributed by atoms with van der Waals surface area (Å²) in [7, 11) is -1.16. The normalized spacial score (nSPS) is 32.5. The Balaban J connectivity index is 1.51. The minimum Gasteiger partial charge on any atom is -0.349 e. The number of carbonyl (C=O) groups excluding carboxylic acids is 1. The molecule has 0 saturated heterocycles. The van der Waals surface area contributed by atoms with Gasteiger partial charge in [-0.25, -0.2) is 8.42 Å². The molecule has 154 valence electrons. The lowest BCUT2D eigenvalue weighted by atomic mass is 9.48. The van der Waals surface area contributed by atoms with E-state index < -0.39 is 10.0 Å². The number of hydrogen-bond donors (Lipinski definition) is 1. The lowest BCUT2D eigenvalue weighted by molar-refractivity contribution is -0.0688. The average molecular weight is 407 g/mol. The molecule has 1 atom stereocenters. The highest BCUT2D eigenvalue weighted by molar-refractivity contribution is 7.89. The van der Waals surface area contributed by atoms with E-state index in [1.54, 1.807) is 12.1 Å². The minimum atomic E-state index is -3.78. The predicted octanol–water partition coefficient (Wildman–Crippen LogP) is 3.20. The Morgan fingerprint density at radius 1 is 1.18 bits per heavy atom. The molecule has 0 aliphatic heterocycles. The Labute approximate surface area is 167 Å². The van der Waals surface area contributed by atoms with Crippen molar-refractivity contribution in [2.24, 2.45) is 23.2 Å². The molecule has 4 fully saturated rings. The third kappa shape index (κ3) is 3.37. The van der Waals surface area contributed by atoms with Crippen LogP contribution in [-0.2, 0) is 14.9 Å². The molecule has 6 nitrogen and oxygen atoms in total. The van der Waals surface area contributed by atoms with Gasteiger partial charge in [0.25, 0.3) is 15.9 Å².